The molecule has 5 nitrogen and oxygen atoms in total. The minimum atomic E-state index is -0.259. The van der Waals surface area contributed by atoms with Gasteiger partial charge in [0, 0.05) is 0 Å². The van der Waals surface area contributed by atoms with E-state index in [9.17, 15) is 4.79 Å². The van der Waals surface area contributed by atoms with Gasteiger partial charge in [0.1, 0.15) is 11.4 Å². The van der Waals surface area contributed by atoms with Gasteiger partial charge in [0.25, 0.3) is 5.91 Å². The lowest BCUT2D eigenvalue weighted by atomic mass is 10.2. The van der Waals surface area contributed by atoms with Crippen molar-refractivity contribution < 1.29 is 9.53 Å². The normalized spacial score (nSPS) is 12.9. The Balaban J connectivity index is 2.18. The van der Waals surface area contributed by atoms with E-state index < -0.39 is 0 Å². The summed E-state index contributed by atoms with van der Waals surface area (Å²) in [4.78, 5) is 19.6. The number of carbonyl (C=O) groups excluding carboxylic acids is 1. The van der Waals surface area contributed by atoms with Gasteiger partial charge < -0.3 is 10.1 Å². The van der Waals surface area contributed by atoms with Crippen molar-refractivity contribution in [2.45, 2.75) is 0 Å². The molecule has 0 unspecified atom stereocenters. The van der Waals surface area contributed by atoms with Crippen LogP contribution in [0.25, 0.3) is 0 Å². The second-order valence-electron chi connectivity index (χ2n) is 3.41. The van der Waals surface area contributed by atoms with Crippen LogP contribution in [0, 0.1) is 0 Å². The highest BCUT2D eigenvalue weighted by Gasteiger charge is 2.21. The third-order valence-electron chi connectivity index (χ3n) is 2.31. The van der Waals surface area contributed by atoms with E-state index in [1.54, 1.807) is 24.3 Å². The molecule has 0 saturated heterocycles. The molecular formula is C11H6ClN3O2. The predicted molar refractivity (Wildman–Crippen MR) is 61.5 cm³/mol. The first kappa shape index (κ1) is 10.0. The Bertz CT molecular complexity index is 615. The fourth-order valence-corrected chi connectivity index (χ4v) is 1.67. The molecule has 0 atom stereocenters. The molecule has 0 aliphatic carbocycles. The molecule has 2 heterocycles. The summed E-state index contributed by atoms with van der Waals surface area (Å²) in [6.07, 6.45) is 1.41. The molecule has 1 amide bonds. The molecule has 0 radical (unpaired) electrons. The van der Waals surface area contributed by atoms with Crippen molar-refractivity contribution in [3.8, 4) is 11.6 Å². The number of para-hydroxylation sites is 1. The van der Waals surface area contributed by atoms with Crippen LogP contribution in [0.1, 0.15) is 10.4 Å². The molecule has 1 aliphatic rings. The van der Waals surface area contributed by atoms with Crippen molar-refractivity contribution in [3.63, 3.8) is 0 Å². The molecule has 1 aliphatic heterocycles. The molecule has 0 bridgehead atoms. The highest BCUT2D eigenvalue weighted by molar-refractivity contribution is 6.28. The monoisotopic (exact) mass is 247 g/mol. The van der Waals surface area contributed by atoms with Crippen LogP contribution in [0.3, 0.4) is 0 Å². The van der Waals surface area contributed by atoms with Crippen LogP contribution >= 0.6 is 11.6 Å². The van der Waals surface area contributed by atoms with Gasteiger partial charge in [-0.05, 0) is 23.7 Å². The Kier molecular flexibility index (Phi) is 2.19. The van der Waals surface area contributed by atoms with Gasteiger partial charge >= 0.3 is 0 Å². The summed E-state index contributed by atoms with van der Waals surface area (Å²) in [5.74, 6) is 0.423. The van der Waals surface area contributed by atoms with Gasteiger partial charge in [-0.1, -0.05) is 12.1 Å². The van der Waals surface area contributed by atoms with Gasteiger partial charge in [-0.15, -0.1) is 0 Å². The smallest absolute Gasteiger partial charge is 0.259 e. The standard InChI is InChI=1S/C11H6ClN3O2/c12-11-13-5-7-10(15-11)17-8-4-2-1-3-6(8)9(16)14-7/h1-5H,(H,14,16). The lowest BCUT2D eigenvalue weighted by Crippen LogP contribution is -2.10. The number of nitrogens with one attached hydrogen (secondary N) is 1. The second-order valence-corrected chi connectivity index (χ2v) is 3.75. The van der Waals surface area contributed by atoms with E-state index in [1.165, 1.54) is 6.20 Å². The molecular weight excluding hydrogens is 242 g/mol. The first-order valence-electron chi connectivity index (χ1n) is 4.85. The van der Waals surface area contributed by atoms with Gasteiger partial charge in [0.05, 0.1) is 11.8 Å². The van der Waals surface area contributed by atoms with Crippen molar-refractivity contribution in [3.05, 3.63) is 41.3 Å². The molecule has 6 heteroatoms. The Hall–Kier alpha value is -2.14. The molecule has 17 heavy (non-hydrogen) atoms. The van der Waals surface area contributed by atoms with E-state index in [1.807, 2.05) is 0 Å². The predicted octanol–water partition coefficient (Wildman–Crippen LogP) is 2.49. The number of anilines is 1. The minimum absolute atomic E-state index is 0.0670. The second kappa shape index (κ2) is 3.71. The maximum atomic E-state index is 11.9. The lowest BCUT2D eigenvalue weighted by Gasteiger charge is -2.05. The number of aromatic nitrogens is 2. The molecule has 1 aromatic heterocycles. The van der Waals surface area contributed by atoms with Crippen molar-refractivity contribution in [1.82, 2.24) is 9.97 Å². The van der Waals surface area contributed by atoms with Crippen LogP contribution in [0.4, 0.5) is 5.69 Å². The fraction of sp³-hybridized carbons (Fsp3) is 0. The van der Waals surface area contributed by atoms with E-state index in [2.05, 4.69) is 15.3 Å². The van der Waals surface area contributed by atoms with Gasteiger partial charge in [0.15, 0.2) is 0 Å². The largest absolute Gasteiger partial charge is 0.436 e. The number of ether oxygens (including phenoxy) is 1. The molecule has 0 spiro atoms. The van der Waals surface area contributed by atoms with Crippen molar-refractivity contribution in [2.75, 3.05) is 5.32 Å². The van der Waals surface area contributed by atoms with Gasteiger partial charge in [0.2, 0.25) is 11.2 Å². The zero-order valence-electron chi connectivity index (χ0n) is 8.48. The summed E-state index contributed by atoms with van der Waals surface area (Å²) in [6.45, 7) is 0. The Labute approximate surface area is 101 Å². The molecule has 2 aromatic rings. The summed E-state index contributed by atoms with van der Waals surface area (Å²) in [7, 11) is 0. The Morgan fingerprint density at radius 1 is 1.29 bits per heavy atom. The summed E-state index contributed by atoms with van der Waals surface area (Å²) in [5, 5.41) is 2.73. The Morgan fingerprint density at radius 2 is 2.12 bits per heavy atom. The summed E-state index contributed by atoms with van der Waals surface area (Å²) < 4.78 is 5.53. The quantitative estimate of drug-likeness (QED) is 0.727. The van der Waals surface area contributed by atoms with Gasteiger partial charge in [-0.2, -0.15) is 4.98 Å². The number of halogens is 1. The highest BCUT2D eigenvalue weighted by atomic mass is 35.5. The number of nitrogens with zero attached hydrogens (tertiary/aromatic N) is 2. The number of benzene rings is 1. The lowest BCUT2D eigenvalue weighted by molar-refractivity contribution is 0.102. The number of hydrogen-bond acceptors (Lipinski definition) is 4. The highest BCUT2D eigenvalue weighted by Crippen LogP contribution is 2.33. The number of rotatable bonds is 0. The van der Waals surface area contributed by atoms with Crippen molar-refractivity contribution in [1.29, 1.82) is 0 Å². The van der Waals surface area contributed by atoms with Gasteiger partial charge in [-0.25, -0.2) is 4.98 Å². The average molecular weight is 248 g/mol. The van der Waals surface area contributed by atoms with Crippen LogP contribution in [-0.2, 0) is 0 Å². The van der Waals surface area contributed by atoms with E-state index >= 15 is 0 Å². The number of carbonyl (C=O) groups is 1. The van der Waals surface area contributed by atoms with Crippen LogP contribution in [0.15, 0.2) is 30.5 Å². The van der Waals surface area contributed by atoms with Crippen molar-refractivity contribution in [2.24, 2.45) is 0 Å². The van der Waals surface area contributed by atoms with E-state index in [-0.39, 0.29) is 17.1 Å². The van der Waals surface area contributed by atoms with Crippen LogP contribution in [0.2, 0.25) is 5.28 Å². The third kappa shape index (κ3) is 1.70. The number of fused-ring (bicyclic) bond motifs is 2. The van der Waals surface area contributed by atoms with E-state index in [4.69, 9.17) is 16.3 Å². The van der Waals surface area contributed by atoms with E-state index in [0.29, 0.717) is 17.0 Å². The molecule has 1 aromatic carbocycles. The number of hydrogen-bond donors (Lipinski definition) is 1. The summed E-state index contributed by atoms with van der Waals surface area (Å²) >= 11 is 5.68. The maximum Gasteiger partial charge on any atom is 0.259 e. The molecule has 0 saturated carbocycles. The fourth-order valence-electron chi connectivity index (χ4n) is 1.55. The molecule has 1 N–H and O–H groups in total. The molecule has 3 rings (SSSR count). The van der Waals surface area contributed by atoms with Crippen LogP contribution in [-0.4, -0.2) is 15.9 Å². The number of amides is 1. The Morgan fingerprint density at radius 3 is 3.00 bits per heavy atom. The third-order valence-corrected chi connectivity index (χ3v) is 2.49. The summed E-state index contributed by atoms with van der Waals surface area (Å²) in [6, 6.07) is 6.90. The maximum absolute atomic E-state index is 11.9. The van der Waals surface area contributed by atoms with Crippen LogP contribution < -0.4 is 10.1 Å². The van der Waals surface area contributed by atoms with Crippen LogP contribution in [0.5, 0.6) is 11.6 Å². The zero-order valence-corrected chi connectivity index (χ0v) is 9.23. The average Bonchev–Trinajstić information content (AvgIpc) is 2.46. The SMILES string of the molecule is O=C1Nc2cnc(Cl)nc2Oc2ccccc21. The first-order valence-corrected chi connectivity index (χ1v) is 5.22. The minimum Gasteiger partial charge on any atom is -0.436 e. The summed E-state index contributed by atoms with van der Waals surface area (Å²) in [5.41, 5.74) is 0.845. The zero-order chi connectivity index (χ0) is 11.8. The topological polar surface area (TPSA) is 64.1 Å². The van der Waals surface area contributed by atoms with E-state index in [0.717, 1.165) is 0 Å². The molecule has 0 fully saturated rings. The first-order chi connectivity index (χ1) is 8.24. The van der Waals surface area contributed by atoms with Crippen molar-refractivity contribution >= 4 is 23.2 Å². The molecule has 84 valence electrons. The van der Waals surface area contributed by atoms with Gasteiger partial charge in [-0.3, -0.25) is 4.79 Å².